The summed E-state index contributed by atoms with van der Waals surface area (Å²) in [6.07, 6.45) is 0.985. The van der Waals surface area contributed by atoms with Gasteiger partial charge in [-0.1, -0.05) is 12.1 Å². The van der Waals surface area contributed by atoms with Gasteiger partial charge in [0, 0.05) is 25.1 Å². The number of rotatable bonds is 4. The number of carbonyl (C=O) groups is 1. The van der Waals surface area contributed by atoms with E-state index in [1.165, 1.54) is 11.3 Å². The Morgan fingerprint density at radius 2 is 2.31 bits per heavy atom. The lowest BCUT2D eigenvalue weighted by Crippen LogP contribution is -2.28. The highest BCUT2D eigenvalue weighted by Gasteiger charge is 2.20. The number of carbonyl (C=O) groups excluding carboxylic acids is 1. The zero-order valence-electron chi connectivity index (χ0n) is 14.4. The second-order valence-electron chi connectivity index (χ2n) is 6.49. The van der Waals surface area contributed by atoms with Crippen molar-refractivity contribution in [3.8, 4) is 0 Å². The first-order valence-electron chi connectivity index (χ1n) is 8.51. The predicted octanol–water partition coefficient (Wildman–Crippen LogP) is 2.76. The van der Waals surface area contributed by atoms with E-state index in [4.69, 9.17) is 4.74 Å². The van der Waals surface area contributed by atoms with Crippen LogP contribution in [0.25, 0.3) is 10.2 Å². The quantitative estimate of drug-likeness (QED) is 0.767. The third-order valence-corrected chi connectivity index (χ3v) is 5.53. The highest BCUT2D eigenvalue weighted by Crippen LogP contribution is 2.26. The third-order valence-electron chi connectivity index (χ3n) is 4.63. The first kappa shape index (κ1) is 16.9. The second kappa shape index (κ2) is 7.01. The molecule has 1 aliphatic heterocycles. The van der Waals surface area contributed by atoms with Gasteiger partial charge in [0.05, 0.1) is 18.7 Å². The smallest absolute Gasteiger partial charge is 0.268 e. The maximum atomic E-state index is 12.8. The Morgan fingerprint density at radius 3 is 3.12 bits per heavy atom. The van der Waals surface area contributed by atoms with Crippen LogP contribution in [0.4, 0.5) is 0 Å². The number of nitrogens with zero attached hydrogens (tertiary/aromatic N) is 2. The van der Waals surface area contributed by atoms with E-state index in [9.17, 15) is 9.59 Å². The maximum absolute atomic E-state index is 12.8. The molecule has 0 spiro atoms. The first-order chi connectivity index (χ1) is 12.6. The highest BCUT2D eigenvalue weighted by atomic mass is 32.1. The number of amides is 1. The van der Waals surface area contributed by atoms with Gasteiger partial charge in [-0.2, -0.15) is 0 Å². The van der Waals surface area contributed by atoms with E-state index in [0.717, 1.165) is 18.6 Å². The molecule has 0 bridgehead atoms. The lowest BCUT2D eigenvalue weighted by atomic mass is 9.96. The van der Waals surface area contributed by atoms with Crippen LogP contribution in [0.3, 0.4) is 0 Å². The SMILES string of the molecule is CN(Cc1nc2ccsc2c(=O)[nH]1)C(=O)c1cccc(C2CCOC2)c1. The van der Waals surface area contributed by atoms with Gasteiger partial charge in [0.1, 0.15) is 10.5 Å². The van der Waals surface area contributed by atoms with Gasteiger partial charge >= 0.3 is 0 Å². The van der Waals surface area contributed by atoms with Crippen molar-refractivity contribution in [1.82, 2.24) is 14.9 Å². The summed E-state index contributed by atoms with van der Waals surface area (Å²) in [5.41, 5.74) is 2.27. The molecule has 134 valence electrons. The van der Waals surface area contributed by atoms with E-state index in [0.29, 0.717) is 34.1 Å². The van der Waals surface area contributed by atoms with Crippen molar-refractivity contribution in [3.05, 3.63) is 63.0 Å². The van der Waals surface area contributed by atoms with Crippen LogP contribution in [0.15, 0.2) is 40.5 Å². The standard InChI is InChI=1S/C19H19N3O3S/c1-22(10-16-20-15-6-8-26-17(15)18(23)21-16)19(24)13-4-2-3-12(9-13)14-5-7-25-11-14/h2-4,6,8-9,14H,5,7,10-11H2,1H3,(H,20,21,23). The maximum Gasteiger partial charge on any atom is 0.268 e. The van der Waals surface area contributed by atoms with E-state index in [1.807, 2.05) is 35.7 Å². The largest absolute Gasteiger partial charge is 0.381 e. The molecule has 0 saturated carbocycles. The summed E-state index contributed by atoms with van der Waals surface area (Å²) >= 11 is 1.36. The van der Waals surface area contributed by atoms with Gasteiger partial charge in [-0.3, -0.25) is 9.59 Å². The Kier molecular flexibility index (Phi) is 4.57. The van der Waals surface area contributed by atoms with Crippen molar-refractivity contribution in [2.24, 2.45) is 0 Å². The van der Waals surface area contributed by atoms with E-state index in [2.05, 4.69) is 9.97 Å². The fourth-order valence-corrected chi connectivity index (χ4v) is 3.96. The lowest BCUT2D eigenvalue weighted by Gasteiger charge is -2.18. The second-order valence-corrected chi connectivity index (χ2v) is 7.41. The molecule has 6 nitrogen and oxygen atoms in total. The molecule has 1 atom stereocenters. The van der Waals surface area contributed by atoms with E-state index >= 15 is 0 Å². The van der Waals surface area contributed by atoms with Gasteiger partial charge in [0.25, 0.3) is 11.5 Å². The number of aromatic nitrogens is 2. The first-order valence-corrected chi connectivity index (χ1v) is 9.39. The van der Waals surface area contributed by atoms with Gasteiger partial charge < -0.3 is 14.6 Å². The molecule has 1 saturated heterocycles. The van der Waals surface area contributed by atoms with Gasteiger partial charge in [0.2, 0.25) is 0 Å². The minimum atomic E-state index is -0.163. The van der Waals surface area contributed by atoms with Gasteiger partial charge in [-0.25, -0.2) is 4.98 Å². The van der Waals surface area contributed by atoms with Crippen LogP contribution >= 0.6 is 11.3 Å². The number of fused-ring (bicyclic) bond motifs is 1. The molecule has 4 rings (SSSR count). The summed E-state index contributed by atoms with van der Waals surface area (Å²) in [6, 6.07) is 9.52. The molecule has 1 fully saturated rings. The molecule has 7 heteroatoms. The highest BCUT2D eigenvalue weighted by molar-refractivity contribution is 7.17. The van der Waals surface area contributed by atoms with Crippen molar-refractivity contribution < 1.29 is 9.53 Å². The zero-order valence-corrected chi connectivity index (χ0v) is 15.2. The van der Waals surface area contributed by atoms with Crippen LogP contribution in [-0.4, -0.2) is 41.0 Å². The number of hydrogen-bond donors (Lipinski definition) is 1. The summed E-state index contributed by atoms with van der Waals surface area (Å²) in [4.78, 5) is 33.6. The molecule has 2 aromatic heterocycles. The average Bonchev–Trinajstić information content (AvgIpc) is 3.33. The van der Waals surface area contributed by atoms with Crippen molar-refractivity contribution in [3.63, 3.8) is 0 Å². The number of H-pyrrole nitrogens is 1. The third kappa shape index (κ3) is 3.27. The molecule has 1 N–H and O–H groups in total. The Labute approximate surface area is 154 Å². The number of aromatic amines is 1. The minimum Gasteiger partial charge on any atom is -0.381 e. The molecule has 3 aromatic rings. The fourth-order valence-electron chi connectivity index (χ4n) is 3.24. The number of benzene rings is 1. The van der Waals surface area contributed by atoms with Crippen LogP contribution < -0.4 is 5.56 Å². The number of nitrogens with one attached hydrogen (secondary N) is 1. The minimum absolute atomic E-state index is 0.0983. The van der Waals surface area contributed by atoms with Gasteiger partial charge in [-0.15, -0.1) is 11.3 Å². The molecule has 0 aliphatic carbocycles. The Morgan fingerprint density at radius 1 is 1.42 bits per heavy atom. The number of hydrogen-bond acceptors (Lipinski definition) is 5. The van der Waals surface area contributed by atoms with Crippen molar-refractivity contribution in [2.45, 2.75) is 18.9 Å². The molecule has 1 aliphatic rings. The molecule has 0 radical (unpaired) electrons. The topological polar surface area (TPSA) is 75.3 Å². The summed E-state index contributed by atoms with van der Waals surface area (Å²) in [5, 5.41) is 1.84. The van der Waals surface area contributed by atoms with E-state index < -0.39 is 0 Å². The number of ether oxygens (including phenoxy) is 1. The van der Waals surface area contributed by atoms with Gasteiger partial charge in [-0.05, 0) is 35.6 Å². The Hall–Kier alpha value is -2.51. The van der Waals surface area contributed by atoms with Crippen molar-refractivity contribution in [2.75, 3.05) is 20.3 Å². The summed E-state index contributed by atoms with van der Waals surface area (Å²) in [7, 11) is 1.71. The van der Waals surface area contributed by atoms with Crippen LogP contribution in [0.2, 0.25) is 0 Å². The Balaban J connectivity index is 1.53. The Bertz CT molecular complexity index is 1000. The fraction of sp³-hybridized carbons (Fsp3) is 0.316. The van der Waals surface area contributed by atoms with Crippen LogP contribution in [-0.2, 0) is 11.3 Å². The molecule has 1 unspecified atom stereocenters. The molecule has 1 aromatic carbocycles. The molecular formula is C19H19N3O3S. The normalized spacial score (nSPS) is 16.9. The van der Waals surface area contributed by atoms with Crippen LogP contribution in [0.1, 0.15) is 34.1 Å². The molecule has 1 amide bonds. The van der Waals surface area contributed by atoms with E-state index in [1.54, 1.807) is 11.9 Å². The molecule has 26 heavy (non-hydrogen) atoms. The lowest BCUT2D eigenvalue weighted by molar-refractivity contribution is 0.0781. The monoisotopic (exact) mass is 369 g/mol. The summed E-state index contributed by atoms with van der Waals surface area (Å²) in [6.45, 7) is 1.72. The summed E-state index contributed by atoms with van der Waals surface area (Å²) < 4.78 is 6.05. The van der Waals surface area contributed by atoms with Gasteiger partial charge in [0.15, 0.2) is 0 Å². The van der Waals surface area contributed by atoms with Crippen molar-refractivity contribution in [1.29, 1.82) is 0 Å². The van der Waals surface area contributed by atoms with Crippen molar-refractivity contribution >= 4 is 27.5 Å². The summed E-state index contributed by atoms with van der Waals surface area (Å²) in [5.74, 6) is 0.739. The van der Waals surface area contributed by atoms with E-state index in [-0.39, 0.29) is 18.0 Å². The average molecular weight is 369 g/mol. The van der Waals surface area contributed by atoms with Crippen LogP contribution in [0, 0.1) is 0 Å². The van der Waals surface area contributed by atoms with Crippen LogP contribution in [0.5, 0.6) is 0 Å². The molecular weight excluding hydrogens is 350 g/mol. The molecule has 3 heterocycles. The predicted molar refractivity (Wildman–Crippen MR) is 101 cm³/mol. The number of thiophene rings is 1. The zero-order chi connectivity index (χ0) is 18.1.